The summed E-state index contributed by atoms with van der Waals surface area (Å²) >= 11 is 1.24. The largest absolute Gasteiger partial charge is 0.503 e. The number of aliphatic hydroxyl groups excluding tert-OH is 1. The van der Waals surface area contributed by atoms with Crippen LogP contribution < -0.4 is 14.2 Å². The van der Waals surface area contributed by atoms with Gasteiger partial charge in [-0.3, -0.25) is 9.59 Å². The Morgan fingerprint density at radius 3 is 2.21 bits per heavy atom. The fourth-order valence-electron chi connectivity index (χ4n) is 3.89. The van der Waals surface area contributed by atoms with Crippen LogP contribution in [0.25, 0.3) is 0 Å². The first-order chi connectivity index (χ1) is 15.6. The lowest BCUT2D eigenvalue weighted by Crippen LogP contribution is -2.36. The molecule has 0 bridgehead atoms. The minimum absolute atomic E-state index is 0.0137. The molecule has 9 nitrogen and oxygen atoms in total. The maximum Gasteiger partial charge on any atom is 0.290 e. The van der Waals surface area contributed by atoms with Crippen LogP contribution in [0.2, 0.25) is 0 Å². The van der Waals surface area contributed by atoms with Crippen molar-refractivity contribution in [2.75, 3.05) is 48.5 Å². The van der Waals surface area contributed by atoms with Crippen molar-refractivity contribution in [1.82, 2.24) is 14.8 Å². The predicted octanol–water partition coefficient (Wildman–Crippen LogP) is 2.93. The first kappa shape index (κ1) is 24.5. The van der Waals surface area contributed by atoms with Crippen molar-refractivity contribution in [2.24, 2.45) is 0 Å². The van der Waals surface area contributed by atoms with Crippen LogP contribution in [0.15, 0.2) is 23.5 Å². The van der Waals surface area contributed by atoms with Gasteiger partial charge in [-0.25, -0.2) is 4.98 Å². The van der Waals surface area contributed by atoms with Crippen LogP contribution >= 0.6 is 11.3 Å². The van der Waals surface area contributed by atoms with Gasteiger partial charge in [-0.1, -0.05) is 0 Å². The van der Waals surface area contributed by atoms with Crippen molar-refractivity contribution >= 4 is 23.0 Å². The molecule has 2 heterocycles. The van der Waals surface area contributed by atoms with Crippen LogP contribution in [0.1, 0.15) is 32.0 Å². The molecule has 178 valence electrons. The number of amides is 1. The van der Waals surface area contributed by atoms with E-state index in [1.807, 2.05) is 25.9 Å². The lowest BCUT2D eigenvalue weighted by atomic mass is 9.94. The molecule has 0 aliphatic carbocycles. The van der Waals surface area contributed by atoms with E-state index in [2.05, 4.69) is 4.98 Å². The van der Waals surface area contributed by atoms with E-state index in [0.29, 0.717) is 46.5 Å². The highest BCUT2D eigenvalue weighted by Crippen LogP contribution is 2.45. The summed E-state index contributed by atoms with van der Waals surface area (Å²) in [6.45, 7) is 4.39. The van der Waals surface area contributed by atoms with Crippen LogP contribution in [0, 0.1) is 13.8 Å². The van der Waals surface area contributed by atoms with Gasteiger partial charge >= 0.3 is 0 Å². The second kappa shape index (κ2) is 9.80. The zero-order valence-electron chi connectivity index (χ0n) is 19.9. The summed E-state index contributed by atoms with van der Waals surface area (Å²) in [5, 5.41) is 11.6. The summed E-state index contributed by atoms with van der Waals surface area (Å²) in [6, 6.07) is 2.55. The second-order valence-corrected chi connectivity index (χ2v) is 9.11. The van der Waals surface area contributed by atoms with Gasteiger partial charge in [0.1, 0.15) is 0 Å². The molecule has 3 rings (SSSR count). The van der Waals surface area contributed by atoms with Crippen LogP contribution in [0.3, 0.4) is 0 Å². The molecule has 10 heteroatoms. The van der Waals surface area contributed by atoms with E-state index in [9.17, 15) is 14.7 Å². The van der Waals surface area contributed by atoms with Gasteiger partial charge in [-0.05, 0) is 45.6 Å². The van der Waals surface area contributed by atoms with Gasteiger partial charge in [0.25, 0.3) is 5.91 Å². The van der Waals surface area contributed by atoms with Crippen LogP contribution in [-0.2, 0) is 4.79 Å². The van der Waals surface area contributed by atoms with Gasteiger partial charge in [0.15, 0.2) is 17.3 Å². The van der Waals surface area contributed by atoms with Crippen molar-refractivity contribution in [3.8, 4) is 17.2 Å². The number of likely N-dealkylation sites (N-methyl/N-ethyl adjacent to an activating group) is 1. The van der Waals surface area contributed by atoms with E-state index in [4.69, 9.17) is 14.2 Å². The zero-order valence-corrected chi connectivity index (χ0v) is 20.7. The number of aryl methyl sites for hydroxylation is 2. The minimum atomic E-state index is -0.833. The van der Waals surface area contributed by atoms with Crippen molar-refractivity contribution in [3.05, 3.63) is 44.6 Å². The number of carbonyl (C=O) groups excluding carboxylic acids is 2. The van der Waals surface area contributed by atoms with Gasteiger partial charge in [-0.15, -0.1) is 11.3 Å². The fourth-order valence-corrected chi connectivity index (χ4v) is 4.77. The Bertz CT molecular complexity index is 1080. The third-order valence-electron chi connectivity index (χ3n) is 5.45. The number of rotatable bonds is 9. The quantitative estimate of drug-likeness (QED) is 0.553. The maximum absolute atomic E-state index is 13.6. The molecule has 1 aliphatic rings. The fraction of sp³-hybridized carbons (Fsp3) is 0.435. The summed E-state index contributed by atoms with van der Waals surface area (Å²) in [4.78, 5) is 34.9. The Morgan fingerprint density at radius 2 is 1.76 bits per heavy atom. The summed E-state index contributed by atoms with van der Waals surface area (Å²) < 4.78 is 16.4. The molecule has 1 aromatic carbocycles. The van der Waals surface area contributed by atoms with Crippen LogP contribution in [-0.4, -0.2) is 80.1 Å². The topological polar surface area (TPSA) is 101 Å². The molecule has 0 radical (unpaired) electrons. The van der Waals surface area contributed by atoms with Gasteiger partial charge in [0.05, 0.1) is 48.5 Å². The minimum Gasteiger partial charge on any atom is -0.503 e. The molecule has 2 aromatic rings. The molecule has 1 amide bonds. The smallest absolute Gasteiger partial charge is 0.290 e. The lowest BCUT2D eigenvalue weighted by molar-refractivity contribution is -0.129. The Labute approximate surface area is 197 Å². The highest BCUT2D eigenvalue weighted by molar-refractivity contribution is 7.14. The standard InChI is InChI=1S/C23H29N3O6S/c1-12-22(33-13(2)24-12)19(27)17-18(26(9-8-25(3)4)23(29)20(17)28)14-10-15(30-5)21(32-7)16(11-14)31-6/h10-11,18,28H,8-9H2,1-7H3/t18-/m0/s1. The number of hydrogen-bond donors (Lipinski definition) is 1. The first-order valence-electron chi connectivity index (χ1n) is 10.3. The molecule has 1 N–H and O–H groups in total. The third-order valence-corrected chi connectivity index (χ3v) is 6.52. The van der Waals surface area contributed by atoms with Crippen LogP contribution in [0.4, 0.5) is 0 Å². The number of benzene rings is 1. The van der Waals surface area contributed by atoms with Crippen molar-refractivity contribution < 1.29 is 28.9 Å². The zero-order chi connectivity index (χ0) is 24.4. The molecule has 1 aromatic heterocycles. The summed E-state index contributed by atoms with van der Waals surface area (Å²) in [6.07, 6.45) is 0. The van der Waals surface area contributed by atoms with E-state index in [1.54, 1.807) is 19.1 Å². The van der Waals surface area contributed by atoms with Crippen molar-refractivity contribution in [3.63, 3.8) is 0 Å². The normalized spacial score (nSPS) is 16.1. The second-order valence-electron chi connectivity index (χ2n) is 7.90. The number of thiazole rings is 1. The number of aliphatic hydroxyl groups is 1. The Morgan fingerprint density at radius 1 is 1.15 bits per heavy atom. The Kier molecular flexibility index (Phi) is 7.28. The highest BCUT2D eigenvalue weighted by Gasteiger charge is 2.45. The van der Waals surface area contributed by atoms with Crippen molar-refractivity contribution in [2.45, 2.75) is 19.9 Å². The average Bonchev–Trinajstić information content (AvgIpc) is 3.25. The third kappa shape index (κ3) is 4.53. The van der Waals surface area contributed by atoms with Gasteiger partial charge < -0.3 is 29.1 Å². The molecular weight excluding hydrogens is 446 g/mol. The van der Waals surface area contributed by atoms with E-state index < -0.39 is 23.5 Å². The Balaban J connectivity index is 2.20. The average molecular weight is 476 g/mol. The number of nitrogens with zero attached hydrogens (tertiary/aromatic N) is 3. The highest BCUT2D eigenvalue weighted by atomic mass is 32.1. The van der Waals surface area contributed by atoms with Gasteiger partial charge in [0.2, 0.25) is 11.5 Å². The SMILES string of the molecule is COc1cc([C@H]2C(C(=O)c3sc(C)nc3C)=C(O)C(=O)N2CCN(C)C)cc(OC)c1OC. The summed E-state index contributed by atoms with van der Waals surface area (Å²) in [5.41, 5.74) is 1.13. The lowest BCUT2D eigenvalue weighted by Gasteiger charge is -2.28. The van der Waals surface area contributed by atoms with Crippen molar-refractivity contribution in [1.29, 1.82) is 0 Å². The van der Waals surface area contributed by atoms with Gasteiger partial charge in [-0.2, -0.15) is 0 Å². The number of ketones is 1. The predicted molar refractivity (Wildman–Crippen MR) is 125 cm³/mol. The molecule has 0 saturated carbocycles. The monoisotopic (exact) mass is 475 g/mol. The van der Waals surface area contributed by atoms with Crippen LogP contribution in [0.5, 0.6) is 17.2 Å². The summed E-state index contributed by atoms with van der Waals surface area (Å²) in [7, 11) is 8.26. The van der Waals surface area contributed by atoms with E-state index in [-0.39, 0.29) is 5.57 Å². The van der Waals surface area contributed by atoms with Gasteiger partial charge in [0, 0.05) is 13.1 Å². The van der Waals surface area contributed by atoms with E-state index in [1.165, 1.54) is 37.6 Å². The van der Waals surface area contributed by atoms with E-state index in [0.717, 1.165) is 5.01 Å². The summed E-state index contributed by atoms with van der Waals surface area (Å²) in [5.74, 6) is -0.413. The maximum atomic E-state index is 13.6. The first-order valence-corrected chi connectivity index (χ1v) is 11.1. The number of ether oxygens (including phenoxy) is 3. The molecule has 0 fully saturated rings. The number of carbonyl (C=O) groups is 2. The molecule has 0 saturated heterocycles. The molecule has 1 aliphatic heterocycles. The Hall–Kier alpha value is -3.11. The number of hydrogen-bond acceptors (Lipinski definition) is 9. The molecule has 0 spiro atoms. The number of methoxy groups -OCH3 is 3. The number of Topliss-reactive ketones (excluding diaryl/α,β-unsaturated/α-hetero) is 1. The number of aromatic nitrogens is 1. The molecule has 1 atom stereocenters. The molecule has 33 heavy (non-hydrogen) atoms. The molecular formula is C23H29N3O6S. The molecule has 0 unspecified atom stereocenters. The van der Waals surface area contributed by atoms with E-state index >= 15 is 0 Å².